The van der Waals surface area contributed by atoms with Gasteiger partial charge in [0.2, 0.25) is 0 Å². The third-order valence-electron chi connectivity index (χ3n) is 3.45. The van der Waals surface area contributed by atoms with Gasteiger partial charge in [-0.2, -0.15) is 0 Å². The number of allylic oxidation sites excluding steroid dienone is 3. The second kappa shape index (κ2) is 15.3. The molecule has 0 bridgehead atoms. The fourth-order valence-corrected chi connectivity index (χ4v) is 2.14. The maximum atomic E-state index is 10.3. The second-order valence-corrected chi connectivity index (χ2v) is 5.58. The van der Waals surface area contributed by atoms with Crippen molar-refractivity contribution >= 4 is 5.97 Å². The summed E-state index contributed by atoms with van der Waals surface area (Å²) < 4.78 is 0. The zero-order valence-electron chi connectivity index (χ0n) is 13.5. The highest BCUT2D eigenvalue weighted by Crippen LogP contribution is 2.08. The monoisotopic (exact) mass is 296 g/mol. The molecule has 21 heavy (non-hydrogen) atoms. The fraction of sp³-hybridized carbons (Fsp3) is 0.722. The Labute approximate surface area is 129 Å². The van der Waals surface area contributed by atoms with Crippen molar-refractivity contribution in [2.45, 2.75) is 83.7 Å². The third-order valence-corrected chi connectivity index (χ3v) is 3.45. The van der Waals surface area contributed by atoms with Crippen LogP contribution in [0.15, 0.2) is 24.3 Å². The average Bonchev–Trinajstić information content (AvgIpc) is 2.44. The Balaban J connectivity index is 3.37. The summed E-state index contributed by atoms with van der Waals surface area (Å²) in [4.78, 5) is 10.3. The highest BCUT2D eigenvalue weighted by molar-refractivity contribution is 5.66. The van der Waals surface area contributed by atoms with E-state index in [1.807, 2.05) is 18.2 Å². The molecule has 0 aliphatic rings. The normalized spacial score (nSPS) is 13.2. The summed E-state index contributed by atoms with van der Waals surface area (Å²) in [5, 5.41) is 18.2. The number of hydrogen-bond acceptors (Lipinski definition) is 2. The lowest BCUT2D eigenvalue weighted by molar-refractivity contribution is -0.137. The molecule has 0 spiro atoms. The average molecular weight is 296 g/mol. The quantitative estimate of drug-likeness (QED) is 0.355. The van der Waals surface area contributed by atoms with Crippen molar-refractivity contribution in [1.29, 1.82) is 0 Å². The molecule has 122 valence electrons. The number of carbonyl (C=O) groups is 1. The Bertz CT molecular complexity index is 295. The van der Waals surface area contributed by atoms with E-state index in [2.05, 4.69) is 13.0 Å². The van der Waals surface area contributed by atoms with E-state index in [4.69, 9.17) is 5.11 Å². The molecule has 0 saturated carbocycles. The summed E-state index contributed by atoms with van der Waals surface area (Å²) in [5.41, 5.74) is 0. The molecule has 0 aliphatic heterocycles. The van der Waals surface area contributed by atoms with Gasteiger partial charge >= 0.3 is 5.97 Å². The molecule has 0 fully saturated rings. The number of aliphatic hydroxyl groups is 1. The standard InChI is InChI=1S/C18H32O3/c1-2-3-11-14-17(19)15-12-9-7-5-4-6-8-10-13-16-18(20)21/h7,9,12,15,17,19H,2-6,8,10-11,13-14,16H2,1H3,(H,20,21)/b9-7+,15-12+. The SMILES string of the molecule is CCCCCC(O)/C=C/C=C/CCCCCCCC(=O)O. The number of aliphatic carboxylic acids is 1. The van der Waals surface area contributed by atoms with Crippen LogP contribution in [0, 0.1) is 0 Å². The summed E-state index contributed by atoms with van der Waals surface area (Å²) in [6.07, 6.45) is 18.5. The van der Waals surface area contributed by atoms with Crippen molar-refractivity contribution in [2.75, 3.05) is 0 Å². The van der Waals surface area contributed by atoms with Gasteiger partial charge in [0.1, 0.15) is 0 Å². The first-order valence-corrected chi connectivity index (χ1v) is 8.40. The smallest absolute Gasteiger partial charge is 0.303 e. The molecule has 0 rings (SSSR count). The minimum absolute atomic E-state index is 0.297. The van der Waals surface area contributed by atoms with E-state index in [1.54, 1.807) is 0 Å². The predicted molar refractivity (Wildman–Crippen MR) is 88.4 cm³/mol. The van der Waals surface area contributed by atoms with E-state index in [-0.39, 0.29) is 6.10 Å². The van der Waals surface area contributed by atoms with Crippen molar-refractivity contribution in [3.8, 4) is 0 Å². The fourth-order valence-electron chi connectivity index (χ4n) is 2.14. The van der Waals surface area contributed by atoms with Crippen molar-refractivity contribution < 1.29 is 15.0 Å². The summed E-state index contributed by atoms with van der Waals surface area (Å²) in [7, 11) is 0. The number of carboxylic acids is 1. The van der Waals surface area contributed by atoms with Gasteiger partial charge in [-0.25, -0.2) is 0 Å². The van der Waals surface area contributed by atoms with Crippen LogP contribution in [0.5, 0.6) is 0 Å². The van der Waals surface area contributed by atoms with Crippen LogP contribution in [-0.2, 0) is 4.79 Å². The molecule has 2 N–H and O–H groups in total. The molecule has 0 aliphatic carbocycles. The van der Waals surface area contributed by atoms with Crippen molar-refractivity contribution in [3.05, 3.63) is 24.3 Å². The van der Waals surface area contributed by atoms with E-state index >= 15 is 0 Å². The van der Waals surface area contributed by atoms with Gasteiger partial charge in [-0.05, 0) is 25.7 Å². The van der Waals surface area contributed by atoms with E-state index in [1.165, 1.54) is 12.8 Å². The Morgan fingerprint density at radius 2 is 1.71 bits per heavy atom. The highest BCUT2D eigenvalue weighted by atomic mass is 16.4. The molecular formula is C18H32O3. The van der Waals surface area contributed by atoms with E-state index in [9.17, 15) is 9.90 Å². The van der Waals surface area contributed by atoms with Crippen molar-refractivity contribution in [2.24, 2.45) is 0 Å². The molecule has 3 nitrogen and oxygen atoms in total. The third kappa shape index (κ3) is 16.9. The topological polar surface area (TPSA) is 57.5 Å². The van der Waals surface area contributed by atoms with Crippen LogP contribution in [0.25, 0.3) is 0 Å². The number of aliphatic hydroxyl groups excluding tert-OH is 1. The van der Waals surface area contributed by atoms with Crippen LogP contribution in [0.2, 0.25) is 0 Å². The number of unbranched alkanes of at least 4 members (excludes halogenated alkanes) is 7. The van der Waals surface area contributed by atoms with Gasteiger partial charge in [0.25, 0.3) is 0 Å². The number of rotatable bonds is 14. The van der Waals surface area contributed by atoms with Gasteiger partial charge in [-0.1, -0.05) is 69.8 Å². The predicted octanol–water partition coefficient (Wildman–Crippen LogP) is 4.86. The summed E-state index contributed by atoms with van der Waals surface area (Å²) in [6, 6.07) is 0. The van der Waals surface area contributed by atoms with Gasteiger partial charge in [0.15, 0.2) is 0 Å². The lowest BCUT2D eigenvalue weighted by Crippen LogP contribution is -2.00. The molecule has 0 amide bonds. The van der Waals surface area contributed by atoms with Gasteiger partial charge in [-0.15, -0.1) is 0 Å². The lowest BCUT2D eigenvalue weighted by atomic mass is 10.1. The van der Waals surface area contributed by atoms with Gasteiger partial charge < -0.3 is 10.2 Å². The summed E-state index contributed by atoms with van der Waals surface area (Å²) in [6.45, 7) is 2.16. The highest BCUT2D eigenvalue weighted by Gasteiger charge is 1.97. The zero-order chi connectivity index (χ0) is 15.8. The minimum atomic E-state index is -0.693. The molecule has 0 saturated heterocycles. The van der Waals surface area contributed by atoms with E-state index in [0.717, 1.165) is 51.4 Å². The number of hydrogen-bond donors (Lipinski definition) is 2. The van der Waals surface area contributed by atoms with Gasteiger partial charge in [0.05, 0.1) is 6.10 Å². The van der Waals surface area contributed by atoms with Crippen LogP contribution >= 0.6 is 0 Å². The van der Waals surface area contributed by atoms with Gasteiger partial charge in [-0.3, -0.25) is 4.79 Å². The lowest BCUT2D eigenvalue weighted by Gasteiger charge is -2.03. The van der Waals surface area contributed by atoms with Gasteiger partial charge in [0, 0.05) is 6.42 Å². The second-order valence-electron chi connectivity index (χ2n) is 5.58. The van der Waals surface area contributed by atoms with Crippen LogP contribution in [0.1, 0.15) is 77.6 Å². The molecule has 0 aromatic carbocycles. The van der Waals surface area contributed by atoms with E-state index < -0.39 is 5.97 Å². The molecule has 1 unspecified atom stereocenters. The molecule has 0 radical (unpaired) electrons. The molecule has 3 heteroatoms. The van der Waals surface area contributed by atoms with Crippen LogP contribution in [-0.4, -0.2) is 22.3 Å². The van der Waals surface area contributed by atoms with Crippen molar-refractivity contribution in [3.63, 3.8) is 0 Å². The number of carboxylic acid groups (broad SMARTS) is 1. The summed E-state index contributed by atoms with van der Waals surface area (Å²) in [5.74, 6) is -0.693. The Kier molecular flexibility index (Phi) is 14.5. The Morgan fingerprint density at radius 1 is 1.00 bits per heavy atom. The molecule has 0 aromatic heterocycles. The maximum absolute atomic E-state index is 10.3. The van der Waals surface area contributed by atoms with Crippen LogP contribution in [0.4, 0.5) is 0 Å². The molecule has 0 heterocycles. The molecular weight excluding hydrogens is 264 g/mol. The molecule has 0 aromatic rings. The minimum Gasteiger partial charge on any atom is -0.481 e. The van der Waals surface area contributed by atoms with Crippen molar-refractivity contribution in [1.82, 2.24) is 0 Å². The Morgan fingerprint density at radius 3 is 2.43 bits per heavy atom. The van der Waals surface area contributed by atoms with Crippen LogP contribution in [0.3, 0.4) is 0 Å². The first-order valence-electron chi connectivity index (χ1n) is 8.40. The zero-order valence-corrected chi connectivity index (χ0v) is 13.5. The first kappa shape index (κ1) is 19.9. The molecule has 1 atom stereocenters. The summed E-state index contributed by atoms with van der Waals surface area (Å²) >= 11 is 0. The largest absolute Gasteiger partial charge is 0.481 e. The van der Waals surface area contributed by atoms with Crippen LogP contribution < -0.4 is 0 Å². The Hall–Kier alpha value is -1.09. The maximum Gasteiger partial charge on any atom is 0.303 e. The van der Waals surface area contributed by atoms with E-state index in [0.29, 0.717) is 6.42 Å². The first-order chi connectivity index (χ1) is 10.2.